The summed E-state index contributed by atoms with van der Waals surface area (Å²) in [7, 11) is 1.98. The quantitative estimate of drug-likeness (QED) is 0.730. The Morgan fingerprint density at radius 3 is 2.79 bits per heavy atom. The van der Waals surface area contributed by atoms with Gasteiger partial charge in [-0.2, -0.15) is 5.10 Å². The summed E-state index contributed by atoms with van der Waals surface area (Å²) in [5.41, 5.74) is 2.56. The first-order valence-corrected chi connectivity index (χ1v) is 5.38. The lowest BCUT2D eigenvalue weighted by Gasteiger charge is -2.12. The van der Waals surface area contributed by atoms with Crippen LogP contribution in [-0.4, -0.2) is 16.3 Å². The maximum Gasteiger partial charge on any atom is 0.0540 e. The summed E-state index contributed by atoms with van der Waals surface area (Å²) >= 11 is 0. The van der Waals surface area contributed by atoms with Crippen molar-refractivity contribution in [3.8, 4) is 0 Å². The molecule has 0 amide bonds. The molecular formula is C11H21N3. The zero-order chi connectivity index (χ0) is 10.6. The summed E-state index contributed by atoms with van der Waals surface area (Å²) in [4.78, 5) is 0. The molecule has 0 aliphatic carbocycles. The predicted molar refractivity (Wildman–Crippen MR) is 59.3 cm³/mol. The average molecular weight is 195 g/mol. The van der Waals surface area contributed by atoms with Gasteiger partial charge >= 0.3 is 0 Å². The van der Waals surface area contributed by atoms with Crippen LogP contribution in [0.15, 0.2) is 6.20 Å². The summed E-state index contributed by atoms with van der Waals surface area (Å²) in [6.07, 6.45) is 4.44. The van der Waals surface area contributed by atoms with Crippen LogP contribution in [0.4, 0.5) is 0 Å². The van der Waals surface area contributed by atoms with Gasteiger partial charge in [-0.1, -0.05) is 13.3 Å². The van der Waals surface area contributed by atoms with E-state index in [-0.39, 0.29) is 0 Å². The number of hydrogen-bond donors (Lipinski definition) is 1. The Hall–Kier alpha value is -0.830. The third kappa shape index (κ3) is 2.58. The third-order valence-electron chi connectivity index (χ3n) is 2.72. The molecule has 3 heteroatoms. The Kier molecular flexibility index (Phi) is 4.14. The molecule has 1 rings (SSSR count). The van der Waals surface area contributed by atoms with Gasteiger partial charge in [-0.25, -0.2) is 0 Å². The second-order valence-corrected chi connectivity index (χ2v) is 3.84. The van der Waals surface area contributed by atoms with E-state index in [1.165, 1.54) is 24.1 Å². The molecule has 0 radical (unpaired) electrons. The number of rotatable bonds is 5. The molecule has 1 unspecified atom stereocenters. The van der Waals surface area contributed by atoms with E-state index in [1.807, 2.05) is 17.9 Å². The molecule has 0 aliphatic heterocycles. The minimum absolute atomic E-state index is 0.412. The number of aryl methyl sites for hydroxylation is 1. The van der Waals surface area contributed by atoms with Gasteiger partial charge < -0.3 is 5.32 Å². The van der Waals surface area contributed by atoms with Gasteiger partial charge in [0.1, 0.15) is 0 Å². The van der Waals surface area contributed by atoms with Gasteiger partial charge in [0.15, 0.2) is 0 Å². The largest absolute Gasteiger partial charge is 0.310 e. The molecule has 0 fully saturated rings. The molecule has 0 bridgehead atoms. The van der Waals surface area contributed by atoms with E-state index < -0.39 is 0 Å². The average Bonchev–Trinajstić information content (AvgIpc) is 2.48. The predicted octanol–water partition coefficient (Wildman–Crippen LogP) is 2.18. The van der Waals surface area contributed by atoms with E-state index in [0.717, 1.165) is 6.54 Å². The fourth-order valence-corrected chi connectivity index (χ4v) is 1.55. The lowest BCUT2D eigenvalue weighted by molar-refractivity contribution is 0.551. The summed E-state index contributed by atoms with van der Waals surface area (Å²) in [6, 6.07) is 0.412. The van der Waals surface area contributed by atoms with Crippen molar-refractivity contribution in [2.45, 2.75) is 39.7 Å². The lowest BCUT2D eigenvalue weighted by atomic mass is 10.1. The molecule has 0 spiro atoms. The van der Waals surface area contributed by atoms with Crippen LogP contribution >= 0.6 is 0 Å². The summed E-state index contributed by atoms with van der Waals surface area (Å²) < 4.78 is 1.92. The van der Waals surface area contributed by atoms with Gasteiger partial charge in [0.25, 0.3) is 0 Å². The van der Waals surface area contributed by atoms with Crippen LogP contribution in [0.1, 0.15) is 44.0 Å². The SMILES string of the molecule is CCCCNC(C)c1cnn(C)c1C. The Morgan fingerprint density at radius 2 is 2.29 bits per heavy atom. The molecule has 1 aromatic rings. The molecule has 0 aromatic carbocycles. The van der Waals surface area contributed by atoms with Crippen molar-refractivity contribution in [3.63, 3.8) is 0 Å². The van der Waals surface area contributed by atoms with Crippen LogP contribution in [0, 0.1) is 6.92 Å². The van der Waals surface area contributed by atoms with Crippen molar-refractivity contribution < 1.29 is 0 Å². The molecule has 1 N–H and O–H groups in total. The number of aromatic nitrogens is 2. The van der Waals surface area contributed by atoms with Crippen molar-refractivity contribution in [1.82, 2.24) is 15.1 Å². The van der Waals surface area contributed by atoms with Crippen LogP contribution in [-0.2, 0) is 7.05 Å². The standard InChI is InChI=1S/C11H21N3/c1-5-6-7-12-9(2)11-8-13-14(4)10(11)3/h8-9,12H,5-7H2,1-4H3. The van der Waals surface area contributed by atoms with Crippen LogP contribution in [0.3, 0.4) is 0 Å². The van der Waals surface area contributed by atoms with Gasteiger partial charge in [0, 0.05) is 24.3 Å². The van der Waals surface area contributed by atoms with E-state index in [0.29, 0.717) is 6.04 Å². The number of hydrogen-bond acceptors (Lipinski definition) is 2. The van der Waals surface area contributed by atoms with Crippen LogP contribution in [0.5, 0.6) is 0 Å². The van der Waals surface area contributed by atoms with Gasteiger partial charge in [0.05, 0.1) is 6.20 Å². The Morgan fingerprint density at radius 1 is 1.57 bits per heavy atom. The molecule has 1 heterocycles. The smallest absolute Gasteiger partial charge is 0.0540 e. The van der Waals surface area contributed by atoms with E-state index in [2.05, 4.69) is 31.2 Å². The van der Waals surface area contributed by atoms with E-state index >= 15 is 0 Å². The highest BCUT2D eigenvalue weighted by Gasteiger charge is 2.10. The maximum absolute atomic E-state index is 4.24. The maximum atomic E-state index is 4.24. The van der Waals surface area contributed by atoms with Gasteiger partial charge in [-0.05, 0) is 26.8 Å². The molecule has 80 valence electrons. The minimum atomic E-state index is 0.412. The normalized spacial score (nSPS) is 13.1. The van der Waals surface area contributed by atoms with Crippen molar-refractivity contribution in [2.24, 2.45) is 7.05 Å². The molecule has 0 saturated carbocycles. The first-order valence-electron chi connectivity index (χ1n) is 5.38. The summed E-state index contributed by atoms with van der Waals surface area (Å²) in [5.74, 6) is 0. The highest BCUT2D eigenvalue weighted by atomic mass is 15.3. The zero-order valence-electron chi connectivity index (χ0n) is 9.67. The van der Waals surface area contributed by atoms with Gasteiger partial charge in [-0.15, -0.1) is 0 Å². The zero-order valence-corrected chi connectivity index (χ0v) is 9.67. The Balaban J connectivity index is 2.52. The molecule has 1 atom stereocenters. The molecule has 14 heavy (non-hydrogen) atoms. The van der Waals surface area contributed by atoms with Crippen LogP contribution < -0.4 is 5.32 Å². The Labute approximate surface area is 86.5 Å². The number of unbranched alkanes of at least 4 members (excludes halogenated alkanes) is 1. The fraction of sp³-hybridized carbons (Fsp3) is 0.727. The van der Waals surface area contributed by atoms with Crippen molar-refractivity contribution >= 4 is 0 Å². The van der Waals surface area contributed by atoms with Gasteiger partial charge in [-0.3, -0.25) is 4.68 Å². The Bertz CT molecular complexity index is 278. The fourth-order valence-electron chi connectivity index (χ4n) is 1.55. The molecule has 1 aromatic heterocycles. The molecular weight excluding hydrogens is 174 g/mol. The lowest BCUT2D eigenvalue weighted by Crippen LogP contribution is -2.20. The van der Waals surface area contributed by atoms with E-state index in [9.17, 15) is 0 Å². The number of nitrogens with one attached hydrogen (secondary N) is 1. The first-order chi connectivity index (χ1) is 6.66. The van der Waals surface area contributed by atoms with Crippen molar-refractivity contribution in [3.05, 3.63) is 17.5 Å². The molecule has 0 saturated heterocycles. The van der Waals surface area contributed by atoms with Crippen LogP contribution in [0.2, 0.25) is 0 Å². The van der Waals surface area contributed by atoms with Crippen molar-refractivity contribution in [2.75, 3.05) is 6.54 Å². The topological polar surface area (TPSA) is 29.9 Å². The molecule has 3 nitrogen and oxygen atoms in total. The van der Waals surface area contributed by atoms with E-state index in [1.54, 1.807) is 0 Å². The summed E-state index contributed by atoms with van der Waals surface area (Å²) in [6.45, 7) is 7.60. The first kappa shape index (κ1) is 11.2. The summed E-state index contributed by atoms with van der Waals surface area (Å²) in [5, 5.41) is 7.74. The van der Waals surface area contributed by atoms with Gasteiger partial charge in [0.2, 0.25) is 0 Å². The highest BCUT2D eigenvalue weighted by Crippen LogP contribution is 2.15. The van der Waals surface area contributed by atoms with E-state index in [4.69, 9.17) is 0 Å². The van der Waals surface area contributed by atoms with Crippen molar-refractivity contribution in [1.29, 1.82) is 0 Å². The monoisotopic (exact) mass is 195 g/mol. The molecule has 0 aliphatic rings. The third-order valence-corrected chi connectivity index (χ3v) is 2.72. The highest BCUT2D eigenvalue weighted by molar-refractivity contribution is 5.19. The number of nitrogens with zero attached hydrogens (tertiary/aromatic N) is 2. The second-order valence-electron chi connectivity index (χ2n) is 3.84. The van der Waals surface area contributed by atoms with Crippen LogP contribution in [0.25, 0.3) is 0 Å². The second kappa shape index (κ2) is 5.15. The minimum Gasteiger partial charge on any atom is -0.310 e.